The van der Waals surface area contributed by atoms with Gasteiger partial charge in [-0.05, 0) is 60.8 Å². The monoisotopic (exact) mass is 810 g/mol. The number of methoxy groups -OCH3 is 1. The summed E-state index contributed by atoms with van der Waals surface area (Å²) in [5, 5.41) is 2.69. The summed E-state index contributed by atoms with van der Waals surface area (Å²) in [6.07, 6.45) is 5.15. The molecule has 4 aromatic rings. The van der Waals surface area contributed by atoms with Crippen molar-refractivity contribution in [3.8, 4) is 33.6 Å². The number of halogens is 2. The van der Waals surface area contributed by atoms with Crippen molar-refractivity contribution in [3.05, 3.63) is 72.6 Å². The fourth-order valence-corrected chi connectivity index (χ4v) is 7.38. The number of primary amides is 1. The molecule has 4 atom stereocenters. The van der Waals surface area contributed by atoms with Gasteiger partial charge in [-0.1, -0.05) is 76.2 Å². The van der Waals surface area contributed by atoms with Gasteiger partial charge in [0.2, 0.25) is 5.91 Å². The van der Waals surface area contributed by atoms with Gasteiger partial charge < -0.3 is 40.3 Å². The molecule has 302 valence electrons. The van der Waals surface area contributed by atoms with Gasteiger partial charge in [0.1, 0.15) is 17.7 Å². The minimum absolute atomic E-state index is 0. The van der Waals surface area contributed by atoms with E-state index in [1.807, 2.05) is 52.0 Å². The van der Waals surface area contributed by atoms with Crippen LogP contribution >= 0.6 is 24.8 Å². The van der Waals surface area contributed by atoms with Crippen LogP contribution in [0.4, 0.5) is 9.59 Å². The van der Waals surface area contributed by atoms with E-state index in [4.69, 9.17) is 15.2 Å². The average molecular weight is 812 g/mol. The number of nitrogens with two attached hydrogens (primary N) is 1. The fraction of sp³-hybridized carbons (Fsp3) is 0.450. The highest BCUT2D eigenvalue weighted by atomic mass is 35.5. The molecule has 0 unspecified atom stereocenters. The zero-order valence-corrected chi connectivity index (χ0v) is 34.2. The number of carbonyl (C=O) groups is 4. The summed E-state index contributed by atoms with van der Waals surface area (Å²) >= 11 is 0. The van der Waals surface area contributed by atoms with Crippen LogP contribution in [0.3, 0.4) is 0 Å². The van der Waals surface area contributed by atoms with Crippen LogP contribution in [0.2, 0.25) is 0 Å². The molecule has 0 radical (unpaired) electrons. The number of alkyl carbamates (subject to hydrolysis) is 1. The van der Waals surface area contributed by atoms with Crippen molar-refractivity contribution in [2.75, 3.05) is 20.2 Å². The largest absolute Gasteiger partial charge is 0.453 e. The molecular weight excluding hydrogens is 759 g/mol. The lowest BCUT2D eigenvalue weighted by atomic mass is 9.90. The van der Waals surface area contributed by atoms with E-state index in [9.17, 15) is 19.2 Å². The van der Waals surface area contributed by atoms with E-state index in [0.29, 0.717) is 18.9 Å². The molecule has 6 rings (SSSR count). The SMILES string of the molecule is COC(=O)N[C@H](C(=O)N1CCC[C@H]1c1ncc(-c2ccc(-c3ccc(-c4cnc([C@@H]5CCCN5C(=O)[C@@](C)(OC(N)=O)C(C)C)[nH]4)cc3)cc2)[nH]1)C(C)C.Cl.Cl. The van der Waals surface area contributed by atoms with Gasteiger partial charge in [0, 0.05) is 19.0 Å². The highest BCUT2D eigenvalue weighted by Gasteiger charge is 2.47. The summed E-state index contributed by atoms with van der Waals surface area (Å²) in [7, 11) is 1.29. The summed E-state index contributed by atoms with van der Waals surface area (Å²) in [5.74, 6) is 0.605. The van der Waals surface area contributed by atoms with Crippen molar-refractivity contribution >= 4 is 48.8 Å². The van der Waals surface area contributed by atoms with Gasteiger partial charge in [-0.2, -0.15) is 0 Å². The van der Waals surface area contributed by atoms with Crippen LogP contribution < -0.4 is 11.1 Å². The fourth-order valence-electron chi connectivity index (χ4n) is 7.38. The van der Waals surface area contributed by atoms with E-state index in [0.717, 1.165) is 65.1 Å². The summed E-state index contributed by atoms with van der Waals surface area (Å²) < 4.78 is 10.1. The number of ether oxygens (including phenoxy) is 2. The van der Waals surface area contributed by atoms with Crippen molar-refractivity contribution in [3.63, 3.8) is 0 Å². The Morgan fingerprint density at radius 1 is 0.786 bits per heavy atom. The Hall–Kier alpha value is -5.08. The first-order chi connectivity index (χ1) is 25.8. The van der Waals surface area contributed by atoms with Gasteiger partial charge in [-0.3, -0.25) is 9.59 Å². The maximum absolute atomic E-state index is 13.7. The van der Waals surface area contributed by atoms with Crippen LogP contribution in [0.1, 0.15) is 84.0 Å². The molecule has 5 N–H and O–H groups in total. The first-order valence-corrected chi connectivity index (χ1v) is 18.6. The molecule has 56 heavy (non-hydrogen) atoms. The zero-order chi connectivity index (χ0) is 38.7. The maximum atomic E-state index is 13.7. The van der Waals surface area contributed by atoms with Gasteiger partial charge in [0.25, 0.3) is 5.91 Å². The average Bonchev–Trinajstić information content (AvgIpc) is 3.99. The second-order valence-corrected chi connectivity index (χ2v) is 14.9. The van der Waals surface area contributed by atoms with Crippen molar-refractivity contribution in [1.29, 1.82) is 0 Å². The van der Waals surface area contributed by atoms with E-state index < -0.39 is 23.8 Å². The predicted molar refractivity (Wildman–Crippen MR) is 217 cm³/mol. The smallest absolute Gasteiger partial charge is 0.407 e. The number of carbonyl (C=O) groups excluding carboxylic acids is 4. The minimum atomic E-state index is -1.37. The van der Waals surface area contributed by atoms with Crippen LogP contribution in [0.25, 0.3) is 33.6 Å². The number of nitrogens with zero attached hydrogens (tertiary/aromatic N) is 4. The number of hydrogen-bond donors (Lipinski definition) is 4. The van der Waals surface area contributed by atoms with Crippen molar-refractivity contribution in [2.24, 2.45) is 17.6 Å². The standard InChI is InChI=1S/C40H50N8O6.2ClH/c1-23(2)33(46-39(52)53-6)36(49)47-19-7-9-31(47)34-42-21-29(44-34)27-15-11-25(12-16-27)26-13-17-28(18-14-26)30-22-43-35(45-30)32-10-8-20-48(32)37(50)40(5,24(3)4)54-38(41)51;;/h11-18,21-24,31-33H,7-10,19-20H2,1-6H3,(H2,41,51)(H,42,44)(H,43,45)(H,46,52);2*1H/t31-,32-,33-,40-;;/m0../s1. The van der Waals surface area contributed by atoms with E-state index >= 15 is 0 Å². The molecule has 14 nitrogen and oxygen atoms in total. The third-order valence-electron chi connectivity index (χ3n) is 10.8. The zero-order valence-electron chi connectivity index (χ0n) is 32.5. The Morgan fingerprint density at radius 2 is 1.23 bits per heavy atom. The Balaban J connectivity index is 0.00000348. The molecule has 2 aromatic carbocycles. The quantitative estimate of drug-likeness (QED) is 0.122. The number of amides is 4. The van der Waals surface area contributed by atoms with Gasteiger partial charge in [-0.15, -0.1) is 24.8 Å². The lowest BCUT2D eigenvalue weighted by molar-refractivity contribution is -0.155. The van der Waals surface area contributed by atoms with Crippen LogP contribution in [-0.4, -0.2) is 85.6 Å². The second-order valence-electron chi connectivity index (χ2n) is 14.9. The molecule has 4 amide bonds. The molecule has 4 heterocycles. The number of rotatable bonds is 11. The second kappa shape index (κ2) is 18.2. The summed E-state index contributed by atoms with van der Waals surface area (Å²) in [6, 6.07) is 15.2. The lowest BCUT2D eigenvalue weighted by Crippen LogP contribution is -2.53. The van der Waals surface area contributed by atoms with Gasteiger partial charge in [-0.25, -0.2) is 19.6 Å². The topological polar surface area (TPSA) is 189 Å². The molecule has 2 aliphatic rings. The van der Waals surface area contributed by atoms with Crippen molar-refractivity contribution in [2.45, 2.75) is 84.0 Å². The van der Waals surface area contributed by atoms with E-state index in [2.05, 4.69) is 49.5 Å². The van der Waals surface area contributed by atoms with Gasteiger partial charge in [0.05, 0.1) is 43.0 Å². The highest BCUT2D eigenvalue weighted by molar-refractivity contribution is 5.88. The minimum Gasteiger partial charge on any atom is -0.453 e. The molecule has 0 bridgehead atoms. The molecule has 0 aliphatic carbocycles. The molecule has 0 spiro atoms. The van der Waals surface area contributed by atoms with Crippen LogP contribution in [0, 0.1) is 11.8 Å². The number of aromatic amines is 2. The summed E-state index contributed by atoms with van der Waals surface area (Å²) in [6.45, 7) is 10.2. The molecule has 2 saturated heterocycles. The number of likely N-dealkylation sites (tertiary alicyclic amines) is 2. The Bertz CT molecular complexity index is 1980. The molecule has 16 heteroatoms. The van der Waals surface area contributed by atoms with E-state index in [-0.39, 0.29) is 60.5 Å². The van der Waals surface area contributed by atoms with Crippen LogP contribution in [-0.2, 0) is 19.1 Å². The van der Waals surface area contributed by atoms with Crippen LogP contribution in [0.5, 0.6) is 0 Å². The van der Waals surface area contributed by atoms with Gasteiger partial charge in [0.15, 0.2) is 5.60 Å². The molecule has 0 saturated carbocycles. The number of imidazole rings is 2. The summed E-state index contributed by atoms with van der Waals surface area (Å²) in [4.78, 5) is 70.5. The maximum Gasteiger partial charge on any atom is 0.407 e. The van der Waals surface area contributed by atoms with Crippen LogP contribution in [0.15, 0.2) is 60.9 Å². The first kappa shape index (κ1) is 43.6. The van der Waals surface area contributed by atoms with Crippen molar-refractivity contribution < 1.29 is 28.7 Å². The Morgan fingerprint density at radius 3 is 1.66 bits per heavy atom. The molecule has 2 aliphatic heterocycles. The number of nitrogens with one attached hydrogen (secondary N) is 3. The molecular formula is C40H52Cl2N8O6. The van der Waals surface area contributed by atoms with Crippen molar-refractivity contribution in [1.82, 2.24) is 35.1 Å². The van der Waals surface area contributed by atoms with E-state index in [1.54, 1.807) is 29.1 Å². The highest BCUT2D eigenvalue weighted by Crippen LogP contribution is 2.37. The number of aromatic nitrogens is 4. The van der Waals surface area contributed by atoms with E-state index in [1.165, 1.54) is 7.11 Å². The predicted octanol–water partition coefficient (Wildman–Crippen LogP) is 7.20. The summed E-state index contributed by atoms with van der Waals surface area (Å²) in [5.41, 5.74) is 9.67. The first-order valence-electron chi connectivity index (χ1n) is 18.6. The van der Waals surface area contributed by atoms with Gasteiger partial charge >= 0.3 is 12.2 Å². The third kappa shape index (κ3) is 8.97. The molecule has 2 aromatic heterocycles. The number of benzene rings is 2. The number of H-pyrrole nitrogens is 2. The Kier molecular flexibility index (Phi) is 14.2. The third-order valence-corrected chi connectivity index (χ3v) is 10.8. The Labute approximate surface area is 339 Å². The lowest BCUT2D eigenvalue weighted by Gasteiger charge is -2.36. The number of hydrogen-bond acceptors (Lipinski definition) is 8. The molecule has 2 fully saturated rings. The normalized spacial score (nSPS) is 18.1.